The number of methoxy groups -OCH3 is 1. The number of rotatable bonds is 4. The maximum atomic E-state index is 11.2. The molecule has 96 valence electrons. The largest absolute Gasteiger partial charge is 0.504 e. The Hall–Kier alpha value is -2.24. The molecule has 1 aliphatic heterocycles. The van der Waals surface area contributed by atoms with Crippen LogP contribution in [0.5, 0.6) is 11.5 Å². The summed E-state index contributed by atoms with van der Waals surface area (Å²) in [5, 5.41) is 11.9. The molecule has 6 heteroatoms. The van der Waals surface area contributed by atoms with Crippen molar-refractivity contribution in [2.24, 2.45) is 0 Å². The van der Waals surface area contributed by atoms with Gasteiger partial charge in [0.15, 0.2) is 11.5 Å². The molecule has 1 aliphatic rings. The van der Waals surface area contributed by atoms with Crippen LogP contribution < -0.4 is 10.1 Å². The Morgan fingerprint density at radius 2 is 2.22 bits per heavy atom. The van der Waals surface area contributed by atoms with Gasteiger partial charge in [0.05, 0.1) is 7.11 Å². The third-order valence-electron chi connectivity index (χ3n) is 2.74. The van der Waals surface area contributed by atoms with Gasteiger partial charge < -0.3 is 19.9 Å². The van der Waals surface area contributed by atoms with Crippen molar-refractivity contribution < 1.29 is 24.2 Å². The van der Waals surface area contributed by atoms with Gasteiger partial charge in [-0.15, -0.1) is 0 Å². The number of alkyl carbamates (subject to hydrolysis) is 1. The maximum absolute atomic E-state index is 11.2. The van der Waals surface area contributed by atoms with E-state index in [4.69, 9.17) is 4.74 Å². The Balaban J connectivity index is 1.98. The molecule has 6 nitrogen and oxygen atoms in total. The molecular formula is C12H13NO5. The van der Waals surface area contributed by atoms with E-state index in [1.54, 1.807) is 12.1 Å². The summed E-state index contributed by atoms with van der Waals surface area (Å²) in [5.41, 5.74) is 0.901. The second kappa shape index (κ2) is 4.95. The van der Waals surface area contributed by atoms with Crippen LogP contribution in [0.1, 0.15) is 12.0 Å². The number of esters is 1. The molecule has 1 aromatic carbocycles. The number of hydrogen-bond donors (Lipinski definition) is 2. The lowest BCUT2D eigenvalue weighted by Crippen LogP contribution is -2.29. The Labute approximate surface area is 104 Å². The number of cyclic esters (lactones) is 2. The summed E-state index contributed by atoms with van der Waals surface area (Å²) < 4.78 is 9.36. The average Bonchev–Trinajstić information content (AvgIpc) is 2.67. The Kier molecular flexibility index (Phi) is 3.36. The van der Waals surface area contributed by atoms with E-state index < -0.39 is 18.1 Å². The summed E-state index contributed by atoms with van der Waals surface area (Å²) in [5.74, 6) is -0.105. The summed E-state index contributed by atoms with van der Waals surface area (Å²) in [7, 11) is 1.47. The van der Waals surface area contributed by atoms with E-state index in [0.717, 1.165) is 5.56 Å². The molecular weight excluding hydrogens is 238 g/mol. The topological polar surface area (TPSA) is 84.9 Å². The lowest BCUT2D eigenvalue weighted by molar-refractivity contribution is -0.135. The van der Waals surface area contributed by atoms with Crippen molar-refractivity contribution in [2.75, 3.05) is 7.11 Å². The van der Waals surface area contributed by atoms with Crippen LogP contribution in [0.4, 0.5) is 4.79 Å². The molecule has 0 aliphatic carbocycles. The van der Waals surface area contributed by atoms with Gasteiger partial charge in [-0.05, 0) is 30.5 Å². The zero-order chi connectivity index (χ0) is 13.1. The van der Waals surface area contributed by atoms with E-state index in [9.17, 15) is 14.7 Å². The first-order valence-corrected chi connectivity index (χ1v) is 5.48. The third kappa shape index (κ3) is 2.53. The van der Waals surface area contributed by atoms with Gasteiger partial charge in [-0.3, -0.25) is 0 Å². The number of hydrogen-bond acceptors (Lipinski definition) is 5. The van der Waals surface area contributed by atoms with Gasteiger partial charge in [-0.1, -0.05) is 6.07 Å². The highest BCUT2D eigenvalue weighted by atomic mass is 16.6. The molecule has 1 saturated heterocycles. The normalized spacial score (nSPS) is 18.4. The van der Waals surface area contributed by atoms with Gasteiger partial charge in [-0.25, -0.2) is 9.59 Å². The molecule has 0 radical (unpaired) electrons. The van der Waals surface area contributed by atoms with Gasteiger partial charge in [0.2, 0.25) is 0 Å². The van der Waals surface area contributed by atoms with E-state index in [0.29, 0.717) is 18.6 Å². The molecule has 0 saturated carbocycles. The summed E-state index contributed by atoms with van der Waals surface area (Å²) in [6.07, 6.45) is 0.308. The van der Waals surface area contributed by atoms with Crippen molar-refractivity contribution in [1.82, 2.24) is 5.32 Å². The standard InChI is InChI=1S/C12H13NO5/c1-17-10-6-7(3-5-9(10)14)2-4-8-11(15)18-12(16)13-8/h3,5-6,8,14H,2,4H2,1H3,(H,13,16). The first-order chi connectivity index (χ1) is 8.60. The molecule has 0 bridgehead atoms. The van der Waals surface area contributed by atoms with Gasteiger partial charge in [-0.2, -0.15) is 0 Å². The quantitative estimate of drug-likeness (QED) is 0.615. The van der Waals surface area contributed by atoms with E-state index in [1.807, 2.05) is 0 Å². The van der Waals surface area contributed by atoms with Crippen LogP contribution in [0.3, 0.4) is 0 Å². The van der Waals surface area contributed by atoms with Crippen LogP contribution in [0.2, 0.25) is 0 Å². The molecule has 1 amide bonds. The highest BCUT2D eigenvalue weighted by Crippen LogP contribution is 2.27. The van der Waals surface area contributed by atoms with E-state index in [1.165, 1.54) is 13.2 Å². The number of ether oxygens (including phenoxy) is 2. The van der Waals surface area contributed by atoms with Crippen LogP contribution in [0, 0.1) is 0 Å². The van der Waals surface area contributed by atoms with Crippen LogP contribution >= 0.6 is 0 Å². The van der Waals surface area contributed by atoms with Crippen molar-refractivity contribution in [3.05, 3.63) is 23.8 Å². The van der Waals surface area contributed by atoms with Crippen LogP contribution in [-0.4, -0.2) is 30.3 Å². The minimum Gasteiger partial charge on any atom is -0.504 e. The van der Waals surface area contributed by atoms with Crippen molar-refractivity contribution >= 4 is 12.1 Å². The van der Waals surface area contributed by atoms with Gasteiger partial charge >= 0.3 is 12.1 Å². The summed E-state index contributed by atoms with van der Waals surface area (Å²) in [6, 6.07) is 4.36. The number of nitrogens with one attached hydrogen (secondary N) is 1. The molecule has 2 N–H and O–H groups in total. The smallest absolute Gasteiger partial charge is 0.415 e. The maximum Gasteiger partial charge on any atom is 0.415 e. The van der Waals surface area contributed by atoms with Crippen molar-refractivity contribution in [1.29, 1.82) is 0 Å². The third-order valence-corrected chi connectivity index (χ3v) is 2.74. The zero-order valence-electron chi connectivity index (χ0n) is 9.80. The number of carbonyl (C=O) groups is 2. The molecule has 18 heavy (non-hydrogen) atoms. The average molecular weight is 251 g/mol. The second-order valence-electron chi connectivity index (χ2n) is 3.95. The van der Waals surface area contributed by atoms with Crippen LogP contribution in [0.25, 0.3) is 0 Å². The minimum absolute atomic E-state index is 0.0647. The highest BCUT2D eigenvalue weighted by Gasteiger charge is 2.31. The fourth-order valence-electron chi connectivity index (χ4n) is 1.77. The second-order valence-corrected chi connectivity index (χ2v) is 3.95. The summed E-state index contributed by atoms with van der Waals surface area (Å²) >= 11 is 0. The van der Waals surface area contributed by atoms with Crippen LogP contribution in [-0.2, 0) is 16.0 Å². The molecule has 1 atom stereocenters. The van der Waals surface area contributed by atoms with Gasteiger partial charge in [0.1, 0.15) is 6.04 Å². The predicted octanol–water partition coefficient (Wildman–Crippen LogP) is 0.968. The molecule has 1 aromatic rings. The zero-order valence-corrected chi connectivity index (χ0v) is 9.80. The summed E-state index contributed by atoms with van der Waals surface area (Å²) in [6.45, 7) is 0. The minimum atomic E-state index is -0.701. The molecule has 0 spiro atoms. The fourth-order valence-corrected chi connectivity index (χ4v) is 1.77. The number of carbonyl (C=O) groups excluding carboxylic acids is 2. The number of amides is 1. The predicted molar refractivity (Wildman–Crippen MR) is 61.4 cm³/mol. The first kappa shape index (κ1) is 12.2. The van der Waals surface area contributed by atoms with Crippen molar-refractivity contribution in [2.45, 2.75) is 18.9 Å². The molecule has 2 rings (SSSR count). The van der Waals surface area contributed by atoms with E-state index >= 15 is 0 Å². The van der Waals surface area contributed by atoms with E-state index in [-0.39, 0.29) is 5.75 Å². The first-order valence-electron chi connectivity index (χ1n) is 5.48. The molecule has 1 heterocycles. The Morgan fingerprint density at radius 1 is 1.44 bits per heavy atom. The fraction of sp³-hybridized carbons (Fsp3) is 0.333. The monoisotopic (exact) mass is 251 g/mol. The number of phenols is 1. The van der Waals surface area contributed by atoms with E-state index in [2.05, 4.69) is 10.1 Å². The lowest BCUT2D eigenvalue weighted by atomic mass is 10.1. The number of benzene rings is 1. The van der Waals surface area contributed by atoms with Crippen LogP contribution in [0.15, 0.2) is 18.2 Å². The van der Waals surface area contributed by atoms with Crippen molar-refractivity contribution in [3.63, 3.8) is 0 Å². The highest BCUT2D eigenvalue weighted by molar-refractivity contribution is 5.95. The molecule has 1 unspecified atom stereocenters. The Morgan fingerprint density at radius 3 is 2.83 bits per heavy atom. The van der Waals surface area contributed by atoms with Gasteiger partial charge in [0, 0.05) is 0 Å². The Bertz CT molecular complexity index is 485. The molecule has 0 aromatic heterocycles. The SMILES string of the molecule is COc1cc(CCC2NC(=O)OC2=O)ccc1O. The van der Waals surface area contributed by atoms with Gasteiger partial charge in [0.25, 0.3) is 0 Å². The van der Waals surface area contributed by atoms with Crippen molar-refractivity contribution in [3.8, 4) is 11.5 Å². The number of phenolic OH excluding ortho intramolecular Hbond substituents is 1. The lowest BCUT2D eigenvalue weighted by Gasteiger charge is -2.08. The number of aromatic hydroxyl groups is 1. The summed E-state index contributed by atoms with van der Waals surface area (Å²) in [4.78, 5) is 22.0. The molecule has 1 fully saturated rings. The number of aryl methyl sites for hydroxylation is 1.